The van der Waals surface area contributed by atoms with Crippen molar-refractivity contribution >= 4 is 11.9 Å². The first-order valence-corrected chi connectivity index (χ1v) is 24.9. The molecule has 1 amide bonds. The number of aliphatic hydroxyl groups excluding tert-OH is 2. The van der Waals surface area contributed by atoms with Crippen LogP contribution in [0.1, 0.15) is 245 Å². The van der Waals surface area contributed by atoms with Gasteiger partial charge in [-0.05, 0) is 64.2 Å². The number of aliphatic hydroxyl groups is 2. The molecule has 6 heteroatoms. The van der Waals surface area contributed by atoms with E-state index in [1.807, 2.05) is 0 Å². The van der Waals surface area contributed by atoms with E-state index in [4.69, 9.17) is 4.74 Å². The molecule has 6 nitrogen and oxygen atoms in total. The molecule has 338 valence electrons. The van der Waals surface area contributed by atoms with Crippen LogP contribution < -0.4 is 5.32 Å². The highest BCUT2D eigenvalue weighted by Crippen LogP contribution is 2.18. The summed E-state index contributed by atoms with van der Waals surface area (Å²) in [7, 11) is 0. The van der Waals surface area contributed by atoms with Crippen molar-refractivity contribution in [2.24, 2.45) is 0 Å². The number of nitrogens with one attached hydrogen (secondary N) is 1. The number of esters is 1. The highest BCUT2D eigenvalue weighted by atomic mass is 16.5. The summed E-state index contributed by atoms with van der Waals surface area (Å²) in [4.78, 5) is 26.1. The Morgan fingerprint density at radius 3 is 1.40 bits per heavy atom. The van der Waals surface area contributed by atoms with Crippen molar-refractivity contribution in [3.63, 3.8) is 0 Å². The van der Waals surface area contributed by atoms with Crippen molar-refractivity contribution in [2.75, 3.05) is 6.61 Å². The number of ether oxygens (including phenoxy) is 1. The Bertz CT molecular complexity index is 1000. The number of amides is 1. The maximum Gasteiger partial charge on any atom is 0.306 e. The zero-order valence-electron chi connectivity index (χ0n) is 38.4. The molecule has 0 aromatic rings. The van der Waals surface area contributed by atoms with Gasteiger partial charge in [-0.3, -0.25) is 9.59 Å². The Labute approximate surface area is 359 Å². The van der Waals surface area contributed by atoms with Gasteiger partial charge in [0.25, 0.3) is 0 Å². The molecule has 0 heterocycles. The van der Waals surface area contributed by atoms with E-state index in [9.17, 15) is 19.8 Å². The average molecular weight is 814 g/mol. The Morgan fingerprint density at radius 2 is 0.931 bits per heavy atom. The van der Waals surface area contributed by atoms with E-state index in [0.29, 0.717) is 19.3 Å². The summed E-state index contributed by atoms with van der Waals surface area (Å²) >= 11 is 0. The Balaban J connectivity index is 4.61. The molecular weight excluding hydrogens is 719 g/mol. The molecule has 0 aliphatic rings. The molecule has 0 spiro atoms. The van der Waals surface area contributed by atoms with Crippen molar-refractivity contribution in [3.8, 4) is 0 Å². The fourth-order valence-electron chi connectivity index (χ4n) is 7.42. The molecule has 0 saturated heterocycles. The minimum atomic E-state index is -0.790. The molecule has 0 rings (SSSR count). The quantitative estimate of drug-likeness (QED) is 0.0323. The topological polar surface area (TPSA) is 95.9 Å². The first-order valence-electron chi connectivity index (χ1n) is 24.9. The highest BCUT2D eigenvalue weighted by Gasteiger charge is 2.24. The molecule has 0 bridgehead atoms. The predicted octanol–water partition coefficient (Wildman–Crippen LogP) is 14.7. The first-order chi connectivity index (χ1) is 28.5. The van der Waals surface area contributed by atoms with Gasteiger partial charge in [-0.25, -0.2) is 0 Å². The predicted molar refractivity (Wildman–Crippen MR) is 250 cm³/mol. The molecule has 0 aliphatic carbocycles. The molecule has 0 aromatic heterocycles. The van der Waals surface area contributed by atoms with E-state index >= 15 is 0 Å². The number of hydrogen-bond donors (Lipinski definition) is 3. The van der Waals surface area contributed by atoms with Gasteiger partial charge in [0.1, 0.15) is 6.10 Å². The highest BCUT2D eigenvalue weighted by molar-refractivity contribution is 5.77. The molecule has 58 heavy (non-hydrogen) atoms. The summed E-state index contributed by atoms with van der Waals surface area (Å²) in [6, 6.07) is -0.705. The molecule has 3 unspecified atom stereocenters. The van der Waals surface area contributed by atoms with Crippen LogP contribution in [0.5, 0.6) is 0 Å². The second-order valence-electron chi connectivity index (χ2n) is 16.8. The van der Waals surface area contributed by atoms with E-state index in [2.05, 4.69) is 74.7 Å². The second-order valence-corrected chi connectivity index (χ2v) is 16.8. The molecule has 3 N–H and O–H groups in total. The van der Waals surface area contributed by atoms with Gasteiger partial charge >= 0.3 is 5.97 Å². The minimum Gasteiger partial charge on any atom is -0.462 e. The van der Waals surface area contributed by atoms with Gasteiger partial charge in [0.05, 0.1) is 25.2 Å². The maximum atomic E-state index is 13.2. The van der Waals surface area contributed by atoms with Gasteiger partial charge in [-0.15, -0.1) is 0 Å². The third kappa shape index (κ3) is 40.6. The summed E-state index contributed by atoms with van der Waals surface area (Å²) in [5.74, 6) is -0.505. The van der Waals surface area contributed by atoms with Crippen LogP contribution in [0.25, 0.3) is 0 Å². The maximum absolute atomic E-state index is 13.2. The fraction of sp³-hybridized carbons (Fsp3) is 0.808. The van der Waals surface area contributed by atoms with E-state index in [1.54, 1.807) is 0 Å². The van der Waals surface area contributed by atoms with Crippen molar-refractivity contribution in [1.82, 2.24) is 5.32 Å². The van der Waals surface area contributed by atoms with E-state index in [-0.39, 0.29) is 24.9 Å². The molecular formula is C52H95NO5. The van der Waals surface area contributed by atoms with E-state index in [1.165, 1.54) is 116 Å². The van der Waals surface area contributed by atoms with Crippen LogP contribution >= 0.6 is 0 Å². The van der Waals surface area contributed by atoms with Gasteiger partial charge in [-0.1, -0.05) is 217 Å². The van der Waals surface area contributed by atoms with Crippen LogP contribution in [0.15, 0.2) is 48.6 Å². The third-order valence-corrected chi connectivity index (χ3v) is 11.2. The van der Waals surface area contributed by atoms with Crippen LogP contribution in [0.3, 0.4) is 0 Å². The van der Waals surface area contributed by atoms with Crippen LogP contribution in [0.4, 0.5) is 0 Å². The Kier molecular flexibility index (Phi) is 44.2. The van der Waals surface area contributed by atoms with Crippen molar-refractivity contribution in [2.45, 2.75) is 264 Å². The lowest BCUT2D eigenvalue weighted by molar-refractivity contribution is -0.151. The normalized spacial score (nSPS) is 13.7. The lowest BCUT2D eigenvalue weighted by atomic mass is 10.0. The van der Waals surface area contributed by atoms with E-state index in [0.717, 1.165) is 83.5 Å². The van der Waals surface area contributed by atoms with Gasteiger partial charge in [0.15, 0.2) is 0 Å². The number of rotatable bonds is 44. The van der Waals surface area contributed by atoms with Crippen LogP contribution in [0, 0.1) is 0 Å². The van der Waals surface area contributed by atoms with Crippen molar-refractivity contribution in [1.29, 1.82) is 0 Å². The molecule has 3 atom stereocenters. The zero-order valence-corrected chi connectivity index (χ0v) is 38.4. The molecule has 0 aliphatic heterocycles. The smallest absolute Gasteiger partial charge is 0.306 e. The number of carbonyl (C=O) groups excluding carboxylic acids is 2. The van der Waals surface area contributed by atoms with Gasteiger partial charge in [0, 0.05) is 6.42 Å². The molecule has 0 fully saturated rings. The number of allylic oxidation sites excluding steroid dienone is 8. The van der Waals surface area contributed by atoms with Crippen LogP contribution in [-0.4, -0.2) is 46.9 Å². The Morgan fingerprint density at radius 1 is 0.517 bits per heavy atom. The van der Waals surface area contributed by atoms with Gasteiger partial charge in [-0.2, -0.15) is 0 Å². The standard InChI is InChI=1S/C52H95NO5/c1-4-7-10-13-16-19-22-24-25-26-27-30-33-36-39-42-45-52(57)58-48(43-40-37-34-31-29-23-20-17-14-11-8-5-2)46-51(56)53-49(47-54)50(55)44-41-38-35-32-28-21-18-15-12-9-6-3/h7,10,16,19,24-25,27,30,48-50,54-55H,4-6,8-9,11-15,17-18,20-23,26,28-29,31-47H2,1-3H3,(H,53,56)/b10-7+,19-16+,25-24+,30-27+. The SMILES string of the molecule is CC/C=C/C/C=C/C/C=C/C/C=C/CCCCCC(=O)OC(CCCCCCCCCCCCCC)CC(=O)NC(CO)C(O)CCCCCCCCCCCCC. The van der Waals surface area contributed by atoms with Crippen molar-refractivity contribution < 1.29 is 24.5 Å². The number of unbranched alkanes of at least 4 members (excludes halogenated alkanes) is 24. The largest absolute Gasteiger partial charge is 0.462 e. The third-order valence-electron chi connectivity index (χ3n) is 11.2. The lowest BCUT2D eigenvalue weighted by Gasteiger charge is -2.24. The fourth-order valence-corrected chi connectivity index (χ4v) is 7.42. The van der Waals surface area contributed by atoms with Gasteiger partial charge in [0.2, 0.25) is 5.91 Å². The average Bonchev–Trinajstić information content (AvgIpc) is 3.22. The first kappa shape index (κ1) is 55.8. The molecule has 0 aromatic carbocycles. The van der Waals surface area contributed by atoms with Gasteiger partial charge < -0.3 is 20.3 Å². The van der Waals surface area contributed by atoms with E-state index < -0.39 is 18.2 Å². The monoisotopic (exact) mass is 814 g/mol. The van der Waals surface area contributed by atoms with Crippen LogP contribution in [-0.2, 0) is 14.3 Å². The number of carbonyl (C=O) groups is 2. The zero-order chi connectivity index (χ0) is 42.4. The second kappa shape index (κ2) is 45.9. The minimum absolute atomic E-state index is 0.0667. The summed E-state index contributed by atoms with van der Waals surface area (Å²) in [5, 5.41) is 23.7. The van der Waals surface area contributed by atoms with Crippen LogP contribution in [0.2, 0.25) is 0 Å². The summed E-state index contributed by atoms with van der Waals surface area (Å²) < 4.78 is 5.91. The molecule has 0 saturated carbocycles. The summed E-state index contributed by atoms with van der Waals surface area (Å²) in [6.45, 7) is 6.35. The van der Waals surface area contributed by atoms with Crippen molar-refractivity contribution in [3.05, 3.63) is 48.6 Å². The number of hydrogen-bond acceptors (Lipinski definition) is 5. The summed E-state index contributed by atoms with van der Waals surface area (Å²) in [6.07, 6.45) is 54.5. The Hall–Kier alpha value is -2.18. The lowest BCUT2D eigenvalue weighted by Crippen LogP contribution is -2.46. The summed E-state index contributed by atoms with van der Waals surface area (Å²) in [5.41, 5.74) is 0. The molecule has 0 radical (unpaired) electrons.